The van der Waals surface area contributed by atoms with Crippen LogP contribution in [0.25, 0.3) is 21.7 Å². The zero-order valence-electron chi connectivity index (χ0n) is 17.4. The number of rotatable bonds is 5. The lowest BCUT2D eigenvalue weighted by Gasteiger charge is -2.23. The van der Waals surface area contributed by atoms with Crippen LogP contribution in [0.1, 0.15) is 21.5 Å². The Balaban J connectivity index is 1.59. The normalized spacial score (nSPS) is 11.0. The first-order valence-corrected chi connectivity index (χ1v) is 10.5. The van der Waals surface area contributed by atoms with Crippen LogP contribution in [-0.2, 0) is 13.1 Å². The molecule has 0 radical (unpaired) electrons. The van der Waals surface area contributed by atoms with Gasteiger partial charge in [-0.05, 0) is 34.0 Å². The highest BCUT2D eigenvalue weighted by Gasteiger charge is 2.22. The summed E-state index contributed by atoms with van der Waals surface area (Å²) in [5, 5.41) is 2.73. The molecule has 1 aromatic heterocycles. The van der Waals surface area contributed by atoms with Crippen LogP contribution >= 0.6 is 0 Å². The fourth-order valence-corrected chi connectivity index (χ4v) is 4.00. The number of amides is 1. The van der Waals surface area contributed by atoms with Crippen molar-refractivity contribution < 1.29 is 9.21 Å². The number of nitrogens with zero attached hydrogens (tertiary/aromatic N) is 1. The van der Waals surface area contributed by atoms with Crippen molar-refractivity contribution in [3.8, 4) is 0 Å². The molecule has 0 atom stereocenters. The third kappa shape index (κ3) is 3.91. The summed E-state index contributed by atoms with van der Waals surface area (Å²) in [6, 6.07) is 32.8. The monoisotopic (exact) mass is 419 g/mol. The van der Waals surface area contributed by atoms with Gasteiger partial charge in [0.15, 0.2) is 0 Å². The molecule has 0 unspecified atom stereocenters. The van der Waals surface area contributed by atoms with Crippen LogP contribution in [0.15, 0.2) is 112 Å². The van der Waals surface area contributed by atoms with E-state index in [2.05, 4.69) is 0 Å². The zero-order valence-corrected chi connectivity index (χ0v) is 17.4. The predicted molar refractivity (Wildman–Crippen MR) is 126 cm³/mol. The summed E-state index contributed by atoms with van der Waals surface area (Å²) in [6.07, 6.45) is 0. The van der Waals surface area contributed by atoms with Crippen molar-refractivity contribution in [3.63, 3.8) is 0 Å². The van der Waals surface area contributed by atoms with Crippen LogP contribution in [-0.4, -0.2) is 10.8 Å². The highest BCUT2D eigenvalue weighted by Crippen LogP contribution is 2.25. The van der Waals surface area contributed by atoms with E-state index >= 15 is 0 Å². The molecule has 0 bridgehead atoms. The van der Waals surface area contributed by atoms with Gasteiger partial charge >= 0.3 is 5.63 Å². The minimum Gasteiger partial charge on any atom is -0.422 e. The first-order valence-electron chi connectivity index (χ1n) is 10.5. The Labute approximate surface area is 185 Å². The van der Waals surface area contributed by atoms with E-state index in [-0.39, 0.29) is 11.5 Å². The summed E-state index contributed by atoms with van der Waals surface area (Å²) in [5.74, 6) is -0.346. The summed E-state index contributed by atoms with van der Waals surface area (Å²) >= 11 is 0. The highest BCUT2D eigenvalue weighted by atomic mass is 16.4. The molecular weight excluding hydrogens is 398 g/mol. The van der Waals surface area contributed by atoms with E-state index in [4.69, 9.17) is 4.42 Å². The van der Waals surface area contributed by atoms with Crippen molar-refractivity contribution in [3.05, 3.63) is 130 Å². The van der Waals surface area contributed by atoms with Crippen LogP contribution in [0.3, 0.4) is 0 Å². The van der Waals surface area contributed by atoms with E-state index in [0.29, 0.717) is 18.7 Å². The van der Waals surface area contributed by atoms with Gasteiger partial charge in [0.1, 0.15) is 11.1 Å². The van der Waals surface area contributed by atoms with Crippen molar-refractivity contribution in [1.29, 1.82) is 0 Å². The molecule has 1 heterocycles. The molecule has 0 spiro atoms. The number of carbonyl (C=O) groups excluding carboxylic acids is 1. The Morgan fingerprint density at radius 3 is 1.94 bits per heavy atom. The van der Waals surface area contributed by atoms with Gasteiger partial charge in [0, 0.05) is 18.5 Å². The molecule has 4 heteroatoms. The molecule has 0 aliphatic rings. The van der Waals surface area contributed by atoms with Crippen LogP contribution in [0.4, 0.5) is 0 Å². The van der Waals surface area contributed by atoms with E-state index in [1.54, 1.807) is 17.0 Å². The van der Waals surface area contributed by atoms with Crippen molar-refractivity contribution in [2.45, 2.75) is 13.1 Å². The van der Waals surface area contributed by atoms with E-state index in [1.165, 1.54) is 0 Å². The summed E-state index contributed by atoms with van der Waals surface area (Å²) in [7, 11) is 0. The molecule has 5 aromatic rings. The third-order valence-electron chi connectivity index (χ3n) is 5.59. The van der Waals surface area contributed by atoms with Crippen molar-refractivity contribution >= 4 is 27.6 Å². The molecule has 0 saturated heterocycles. The lowest BCUT2D eigenvalue weighted by Crippen LogP contribution is -2.33. The minimum atomic E-state index is -0.621. The molecule has 0 saturated carbocycles. The number of carbonyl (C=O) groups is 1. The third-order valence-corrected chi connectivity index (χ3v) is 5.59. The van der Waals surface area contributed by atoms with Crippen molar-refractivity contribution in [2.24, 2.45) is 0 Å². The smallest absolute Gasteiger partial charge is 0.349 e. The molecule has 0 fully saturated rings. The molecular formula is C28H21NO3. The van der Waals surface area contributed by atoms with E-state index < -0.39 is 5.63 Å². The standard InChI is InChI=1S/C28H21NO3/c30-27(29(18-20-9-3-1-4-10-20)19-21-11-5-2-6-12-21)25-17-24-23-14-8-7-13-22(23)15-16-26(24)32-28(25)31/h1-17H,18-19H2. The molecule has 0 aliphatic carbocycles. The Bertz CT molecular complexity index is 1420. The average Bonchev–Trinajstić information content (AvgIpc) is 2.84. The zero-order chi connectivity index (χ0) is 21.9. The van der Waals surface area contributed by atoms with E-state index in [9.17, 15) is 9.59 Å². The minimum absolute atomic E-state index is 0.0423. The average molecular weight is 419 g/mol. The summed E-state index contributed by atoms with van der Waals surface area (Å²) < 4.78 is 5.57. The topological polar surface area (TPSA) is 50.5 Å². The van der Waals surface area contributed by atoms with Gasteiger partial charge in [0.05, 0.1) is 0 Å². The molecule has 1 amide bonds. The largest absolute Gasteiger partial charge is 0.422 e. The Kier molecular flexibility index (Phi) is 5.26. The molecule has 5 rings (SSSR count). The molecule has 4 aromatic carbocycles. The van der Waals surface area contributed by atoms with Gasteiger partial charge in [-0.3, -0.25) is 4.79 Å². The molecule has 4 nitrogen and oxygen atoms in total. The van der Waals surface area contributed by atoms with Gasteiger partial charge < -0.3 is 9.32 Å². The summed E-state index contributed by atoms with van der Waals surface area (Å²) in [5.41, 5.74) is 1.88. The lowest BCUT2D eigenvalue weighted by atomic mass is 10.0. The number of fused-ring (bicyclic) bond motifs is 3. The fourth-order valence-electron chi connectivity index (χ4n) is 4.00. The van der Waals surface area contributed by atoms with Crippen LogP contribution in [0.5, 0.6) is 0 Å². The second kappa shape index (κ2) is 8.52. The quantitative estimate of drug-likeness (QED) is 0.268. The maximum Gasteiger partial charge on any atom is 0.349 e. The van der Waals surface area contributed by atoms with Crippen molar-refractivity contribution in [2.75, 3.05) is 0 Å². The summed E-state index contributed by atoms with van der Waals surface area (Å²) in [6.45, 7) is 0.781. The van der Waals surface area contributed by atoms with Gasteiger partial charge in [-0.15, -0.1) is 0 Å². The maximum atomic E-state index is 13.6. The molecule has 0 aliphatic heterocycles. The van der Waals surface area contributed by atoms with Crippen LogP contribution in [0, 0.1) is 0 Å². The molecule has 156 valence electrons. The van der Waals surface area contributed by atoms with Crippen molar-refractivity contribution in [1.82, 2.24) is 4.90 Å². The first-order chi connectivity index (χ1) is 15.7. The van der Waals surface area contributed by atoms with Gasteiger partial charge in [0.2, 0.25) is 0 Å². The fraction of sp³-hybridized carbons (Fsp3) is 0.0714. The number of hydrogen-bond donors (Lipinski definition) is 0. The first kappa shape index (κ1) is 19.8. The Morgan fingerprint density at radius 2 is 1.28 bits per heavy atom. The second-order valence-corrected chi connectivity index (χ2v) is 7.78. The molecule has 0 N–H and O–H groups in total. The van der Waals surface area contributed by atoms with Crippen LogP contribution < -0.4 is 5.63 Å². The maximum absolute atomic E-state index is 13.6. The lowest BCUT2D eigenvalue weighted by molar-refractivity contribution is 0.0726. The van der Waals surface area contributed by atoms with Gasteiger partial charge in [0.25, 0.3) is 5.91 Å². The predicted octanol–water partition coefficient (Wildman–Crippen LogP) is 5.79. The summed E-state index contributed by atoms with van der Waals surface area (Å²) in [4.78, 5) is 28.1. The molecule has 32 heavy (non-hydrogen) atoms. The van der Waals surface area contributed by atoms with E-state index in [0.717, 1.165) is 27.3 Å². The number of hydrogen-bond acceptors (Lipinski definition) is 3. The van der Waals surface area contributed by atoms with Gasteiger partial charge in [-0.25, -0.2) is 4.79 Å². The number of benzene rings is 4. The second-order valence-electron chi connectivity index (χ2n) is 7.78. The highest BCUT2D eigenvalue weighted by molar-refractivity contribution is 6.07. The SMILES string of the molecule is O=C(c1cc2c(ccc3ccccc32)oc1=O)N(Cc1ccccc1)Cc1ccccc1. The Morgan fingerprint density at radius 1 is 0.688 bits per heavy atom. The van der Waals surface area contributed by atoms with Crippen LogP contribution in [0.2, 0.25) is 0 Å². The van der Waals surface area contributed by atoms with Gasteiger partial charge in [-0.1, -0.05) is 91.0 Å². The van der Waals surface area contributed by atoms with Gasteiger partial charge in [-0.2, -0.15) is 0 Å². The Hall–Kier alpha value is -4.18. The van der Waals surface area contributed by atoms with E-state index in [1.807, 2.05) is 91.0 Å².